The predicted octanol–water partition coefficient (Wildman–Crippen LogP) is 3.09. The fourth-order valence-electron chi connectivity index (χ4n) is 2.61. The van der Waals surface area contributed by atoms with Crippen LogP contribution in [0.25, 0.3) is 0 Å². The van der Waals surface area contributed by atoms with Crippen molar-refractivity contribution in [2.45, 2.75) is 26.2 Å². The van der Waals surface area contributed by atoms with Crippen molar-refractivity contribution in [1.82, 2.24) is 0 Å². The summed E-state index contributed by atoms with van der Waals surface area (Å²) in [5, 5.41) is 0. The zero-order chi connectivity index (χ0) is 13.1. The van der Waals surface area contributed by atoms with Gasteiger partial charge in [0.25, 0.3) is 0 Å². The Labute approximate surface area is 113 Å². The Bertz CT molecular complexity index is 447. The maximum absolute atomic E-state index is 13.8. The lowest BCUT2D eigenvalue weighted by Crippen LogP contribution is -2.20. The van der Waals surface area contributed by atoms with Crippen molar-refractivity contribution >= 4 is 22.9 Å². The Morgan fingerprint density at radius 3 is 2.94 bits per heavy atom. The Balaban J connectivity index is 2.11. The molecule has 1 atom stereocenters. The molecule has 0 bridgehead atoms. The minimum atomic E-state index is -0.320. The Morgan fingerprint density at radius 2 is 2.33 bits per heavy atom. The van der Waals surface area contributed by atoms with E-state index in [1.807, 2.05) is 6.07 Å². The van der Waals surface area contributed by atoms with E-state index in [1.54, 1.807) is 12.1 Å². The van der Waals surface area contributed by atoms with Gasteiger partial charge >= 0.3 is 0 Å². The van der Waals surface area contributed by atoms with Crippen LogP contribution in [0, 0.1) is 11.7 Å². The molecule has 0 amide bonds. The molecule has 1 heterocycles. The smallest absolute Gasteiger partial charge is 0.135 e. The van der Waals surface area contributed by atoms with E-state index in [2.05, 4.69) is 11.8 Å². The molecule has 1 aromatic rings. The molecule has 0 aliphatic carbocycles. The molecule has 0 aromatic heterocycles. The van der Waals surface area contributed by atoms with Crippen molar-refractivity contribution in [2.75, 3.05) is 18.0 Å². The van der Waals surface area contributed by atoms with Crippen LogP contribution >= 0.6 is 12.2 Å². The lowest BCUT2D eigenvalue weighted by molar-refractivity contribution is 0.529. The first-order chi connectivity index (χ1) is 8.61. The maximum atomic E-state index is 13.8. The topological polar surface area (TPSA) is 29.3 Å². The first-order valence-electron chi connectivity index (χ1n) is 6.46. The SMILES string of the molecule is CCCC1CCN(c2ccc(C(N)=S)c(F)c2)C1. The highest BCUT2D eigenvalue weighted by Crippen LogP contribution is 2.27. The molecule has 2 N–H and O–H groups in total. The number of benzene rings is 1. The van der Waals surface area contributed by atoms with Crippen LogP contribution < -0.4 is 10.6 Å². The first-order valence-corrected chi connectivity index (χ1v) is 6.87. The van der Waals surface area contributed by atoms with E-state index in [9.17, 15) is 4.39 Å². The summed E-state index contributed by atoms with van der Waals surface area (Å²) in [5.74, 6) is 0.423. The third-order valence-corrected chi connectivity index (χ3v) is 3.79. The van der Waals surface area contributed by atoms with Gasteiger partial charge in [-0.15, -0.1) is 0 Å². The molecule has 1 aliphatic rings. The van der Waals surface area contributed by atoms with Crippen molar-refractivity contribution < 1.29 is 4.39 Å². The largest absolute Gasteiger partial charge is 0.389 e. The van der Waals surface area contributed by atoms with E-state index in [4.69, 9.17) is 18.0 Å². The Kier molecular flexibility index (Phi) is 4.17. The van der Waals surface area contributed by atoms with Crippen molar-refractivity contribution in [3.8, 4) is 0 Å². The average Bonchev–Trinajstić information content (AvgIpc) is 2.77. The van der Waals surface area contributed by atoms with Crippen LogP contribution in [0.1, 0.15) is 31.7 Å². The average molecular weight is 266 g/mol. The first kappa shape index (κ1) is 13.3. The third-order valence-electron chi connectivity index (χ3n) is 3.57. The summed E-state index contributed by atoms with van der Waals surface area (Å²) in [4.78, 5) is 2.36. The van der Waals surface area contributed by atoms with Gasteiger partial charge in [0, 0.05) is 24.3 Å². The van der Waals surface area contributed by atoms with Gasteiger partial charge in [-0.1, -0.05) is 25.6 Å². The summed E-state index contributed by atoms with van der Waals surface area (Å²) in [6, 6.07) is 5.13. The summed E-state index contributed by atoms with van der Waals surface area (Å²) in [7, 11) is 0. The molecule has 2 rings (SSSR count). The summed E-state index contributed by atoms with van der Waals surface area (Å²) >= 11 is 4.80. The summed E-state index contributed by atoms with van der Waals surface area (Å²) in [6.45, 7) is 4.25. The minimum absolute atomic E-state index is 0.115. The standard InChI is InChI=1S/C14H19FN2S/c1-2-3-10-6-7-17(9-10)11-4-5-12(14(16)18)13(15)8-11/h4-5,8,10H,2-3,6-7,9H2,1H3,(H2,16,18). The lowest BCUT2D eigenvalue weighted by atomic mass is 10.0. The van der Waals surface area contributed by atoms with Crippen molar-refractivity contribution in [3.63, 3.8) is 0 Å². The molecule has 4 heteroatoms. The zero-order valence-corrected chi connectivity index (χ0v) is 11.5. The molecule has 0 saturated carbocycles. The van der Waals surface area contributed by atoms with Gasteiger partial charge in [0.2, 0.25) is 0 Å². The lowest BCUT2D eigenvalue weighted by Gasteiger charge is -2.19. The molecule has 1 fully saturated rings. The fourth-order valence-corrected chi connectivity index (χ4v) is 2.78. The van der Waals surface area contributed by atoms with Gasteiger partial charge in [0.05, 0.1) is 0 Å². The monoisotopic (exact) mass is 266 g/mol. The molecule has 1 aromatic carbocycles. The second-order valence-electron chi connectivity index (χ2n) is 4.92. The number of anilines is 1. The fraction of sp³-hybridized carbons (Fsp3) is 0.500. The molecule has 2 nitrogen and oxygen atoms in total. The number of rotatable bonds is 4. The Morgan fingerprint density at radius 1 is 1.56 bits per heavy atom. The zero-order valence-electron chi connectivity index (χ0n) is 10.7. The van der Waals surface area contributed by atoms with Crippen LogP contribution in [0.5, 0.6) is 0 Å². The molecule has 98 valence electrons. The number of hydrogen-bond acceptors (Lipinski definition) is 2. The van der Waals surface area contributed by atoms with Crippen LogP contribution in [0.4, 0.5) is 10.1 Å². The van der Waals surface area contributed by atoms with Crippen molar-refractivity contribution in [3.05, 3.63) is 29.6 Å². The number of hydrogen-bond donors (Lipinski definition) is 1. The number of nitrogens with two attached hydrogens (primary N) is 1. The molecule has 0 spiro atoms. The number of thiocarbonyl (C=S) groups is 1. The van der Waals surface area contributed by atoms with Crippen molar-refractivity contribution in [2.24, 2.45) is 11.7 Å². The second kappa shape index (κ2) is 5.65. The van der Waals surface area contributed by atoms with E-state index in [1.165, 1.54) is 19.3 Å². The predicted molar refractivity (Wildman–Crippen MR) is 77.5 cm³/mol. The van der Waals surface area contributed by atoms with Crippen LogP contribution in [0.3, 0.4) is 0 Å². The summed E-state index contributed by atoms with van der Waals surface area (Å²) in [5.41, 5.74) is 6.73. The molecule has 18 heavy (non-hydrogen) atoms. The van der Waals surface area contributed by atoms with Gasteiger partial charge in [0.15, 0.2) is 0 Å². The number of halogens is 1. The van der Waals surface area contributed by atoms with E-state index >= 15 is 0 Å². The van der Waals surface area contributed by atoms with E-state index in [0.29, 0.717) is 5.56 Å². The van der Waals surface area contributed by atoms with Crippen LogP contribution in [0.15, 0.2) is 18.2 Å². The van der Waals surface area contributed by atoms with Crippen molar-refractivity contribution in [1.29, 1.82) is 0 Å². The van der Waals surface area contributed by atoms with Gasteiger partial charge in [-0.05, 0) is 37.0 Å². The van der Waals surface area contributed by atoms with E-state index in [-0.39, 0.29) is 10.8 Å². The van der Waals surface area contributed by atoms with Gasteiger partial charge in [-0.2, -0.15) is 0 Å². The minimum Gasteiger partial charge on any atom is -0.389 e. The molecule has 1 aliphatic heterocycles. The molecular weight excluding hydrogens is 247 g/mol. The van der Waals surface area contributed by atoms with Crippen LogP contribution in [-0.4, -0.2) is 18.1 Å². The van der Waals surface area contributed by atoms with Crippen LogP contribution in [0.2, 0.25) is 0 Å². The van der Waals surface area contributed by atoms with E-state index < -0.39 is 0 Å². The van der Waals surface area contributed by atoms with Crippen LogP contribution in [-0.2, 0) is 0 Å². The quantitative estimate of drug-likeness (QED) is 0.849. The molecule has 0 radical (unpaired) electrons. The molecular formula is C14H19FN2S. The highest BCUT2D eigenvalue weighted by Gasteiger charge is 2.22. The second-order valence-corrected chi connectivity index (χ2v) is 5.36. The highest BCUT2D eigenvalue weighted by atomic mass is 32.1. The summed E-state index contributed by atoms with van der Waals surface area (Å²) in [6.07, 6.45) is 3.67. The van der Waals surface area contributed by atoms with E-state index in [0.717, 1.165) is 24.7 Å². The molecule has 1 unspecified atom stereocenters. The van der Waals surface area contributed by atoms with Gasteiger partial charge in [-0.25, -0.2) is 4.39 Å². The highest BCUT2D eigenvalue weighted by molar-refractivity contribution is 7.80. The maximum Gasteiger partial charge on any atom is 0.135 e. The number of nitrogens with zero attached hydrogens (tertiary/aromatic N) is 1. The molecule has 1 saturated heterocycles. The third kappa shape index (κ3) is 2.80. The van der Waals surface area contributed by atoms with Gasteiger partial charge in [0.1, 0.15) is 10.8 Å². The summed E-state index contributed by atoms with van der Waals surface area (Å²) < 4.78 is 13.8. The van der Waals surface area contributed by atoms with Gasteiger partial charge in [-0.3, -0.25) is 0 Å². The Hall–Kier alpha value is -1.16. The normalized spacial score (nSPS) is 19.2. The van der Waals surface area contributed by atoms with Gasteiger partial charge < -0.3 is 10.6 Å².